The molecule has 1 aliphatic heterocycles. The number of carbonyl (C=O) groups excluding carboxylic acids is 1. The molecule has 2 heteroatoms. The number of rotatable bonds is 4. The number of amides is 1. The number of hydrogen-bond donors (Lipinski definition) is 0. The average molecular weight is 218 g/mol. The van der Waals surface area contributed by atoms with Crippen LogP contribution in [0.25, 0.3) is 0 Å². The van der Waals surface area contributed by atoms with E-state index in [4.69, 9.17) is 0 Å². The van der Waals surface area contributed by atoms with Gasteiger partial charge in [0.2, 0.25) is 0 Å². The number of benzene rings is 1. The lowest BCUT2D eigenvalue weighted by molar-refractivity contribution is -0.850. The molecular formula is C14H20NO+. The summed E-state index contributed by atoms with van der Waals surface area (Å²) >= 11 is 0. The highest BCUT2D eigenvalue weighted by Crippen LogP contribution is 2.17. The lowest BCUT2D eigenvalue weighted by atomic mass is 10.1. The molecule has 0 aliphatic carbocycles. The average Bonchev–Trinajstić information content (AvgIpc) is 2.39. The van der Waals surface area contributed by atoms with Crippen LogP contribution in [0.5, 0.6) is 0 Å². The second-order valence-electron chi connectivity index (χ2n) is 4.79. The van der Waals surface area contributed by atoms with Crippen LogP contribution in [0, 0.1) is 0 Å². The lowest BCUT2D eigenvalue weighted by Crippen LogP contribution is -2.51. The Labute approximate surface area is 97.5 Å². The quantitative estimate of drug-likeness (QED) is 0.560. The second-order valence-corrected chi connectivity index (χ2v) is 4.79. The fourth-order valence-corrected chi connectivity index (χ4v) is 2.52. The molecule has 1 aliphatic rings. The van der Waals surface area contributed by atoms with Crippen LogP contribution < -0.4 is 0 Å². The third-order valence-corrected chi connectivity index (χ3v) is 3.62. The van der Waals surface area contributed by atoms with E-state index >= 15 is 0 Å². The Hall–Kier alpha value is -1.15. The molecule has 0 unspecified atom stereocenters. The van der Waals surface area contributed by atoms with Gasteiger partial charge in [-0.1, -0.05) is 30.3 Å². The molecule has 1 heterocycles. The first kappa shape index (κ1) is 11.3. The zero-order valence-corrected chi connectivity index (χ0v) is 9.77. The molecule has 1 aromatic rings. The standard InChI is InChI=1S/C14H20NO/c16-13-15(10-5-2-6-11-15)12-9-14-7-3-1-4-8-14/h1,3-4,7-8,13H,2,5-6,9-12H2/q+1. The zero-order chi connectivity index (χ0) is 11.3. The van der Waals surface area contributed by atoms with E-state index in [1.165, 1.54) is 31.2 Å². The minimum Gasteiger partial charge on any atom is -0.263 e. The van der Waals surface area contributed by atoms with Gasteiger partial charge in [-0.2, -0.15) is 0 Å². The van der Waals surface area contributed by atoms with Crippen LogP contribution in [0.1, 0.15) is 24.8 Å². The Morgan fingerprint density at radius 1 is 1.06 bits per heavy atom. The molecular weight excluding hydrogens is 198 g/mol. The fraction of sp³-hybridized carbons (Fsp3) is 0.500. The lowest BCUT2D eigenvalue weighted by Gasteiger charge is -2.35. The molecule has 0 saturated carbocycles. The largest absolute Gasteiger partial charge is 0.301 e. The third-order valence-electron chi connectivity index (χ3n) is 3.62. The van der Waals surface area contributed by atoms with Gasteiger partial charge in [-0.25, -0.2) is 4.79 Å². The highest BCUT2D eigenvalue weighted by Gasteiger charge is 2.28. The van der Waals surface area contributed by atoms with E-state index in [-0.39, 0.29) is 0 Å². The maximum Gasteiger partial charge on any atom is 0.301 e. The molecule has 1 aromatic carbocycles. The van der Waals surface area contributed by atoms with E-state index in [9.17, 15) is 4.79 Å². The van der Waals surface area contributed by atoms with Crippen molar-refractivity contribution in [1.29, 1.82) is 0 Å². The molecule has 0 N–H and O–H groups in total. The van der Waals surface area contributed by atoms with Crippen molar-refractivity contribution in [3.63, 3.8) is 0 Å². The Morgan fingerprint density at radius 2 is 1.75 bits per heavy atom. The summed E-state index contributed by atoms with van der Waals surface area (Å²) in [5.74, 6) is 0. The van der Waals surface area contributed by atoms with E-state index in [0.717, 1.165) is 26.1 Å². The monoisotopic (exact) mass is 218 g/mol. The van der Waals surface area contributed by atoms with Crippen LogP contribution in [-0.4, -0.2) is 30.5 Å². The maximum absolute atomic E-state index is 11.3. The molecule has 2 rings (SSSR count). The van der Waals surface area contributed by atoms with Crippen molar-refractivity contribution < 1.29 is 9.28 Å². The highest BCUT2D eigenvalue weighted by molar-refractivity contribution is 5.37. The van der Waals surface area contributed by atoms with E-state index in [1.54, 1.807) is 0 Å². The normalized spacial score (nSPS) is 19.2. The maximum atomic E-state index is 11.3. The SMILES string of the molecule is O=C[N+]1(CCc2ccccc2)CCCCC1. The number of piperidine rings is 1. The minimum atomic E-state index is 0.675. The van der Waals surface area contributed by atoms with Crippen LogP contribution in [0.3, 0.4) is 0 Å². The van der Waals surface area contributed by atoms with Gasteiger partial charge in [0.15, 0.2) is 0 Å². The molecule has 86 valence electrons. The minimum absolute atomic E-state index is 0.675. The van der Waals surface area contributed by atoms with Gasteiger partial charge < -0.3 is 0 Å². The summed E-state index contributed by atoms with van der Waals surface area (Å²) in [6, 6.07) is 10.5. The predicted molar refractivity (Wildman–Crippen MR) is 64.9 cm³/mol. The molecule has 1 amide bonds. The summed E-state index contributed by atoms with van der Waals surface area (Å²) in [4.78, 5) is 11.3. The van der Waals surface area contributed by atoms with Gasteiger partial charge in [0, 0.05) is 6.42 Å². The first-order valence-electron chi connectivity index (χ1n) is 6.21. The number of likely N-dealkylation sites (tertiary alicyclic amines) is 1. The Morgan fingerprint density at radius 3 is 2.38 bits per heavy atom. The Kier molecular flexibility index (Phi) is 3.73. The van der Waals surface area contributed by atoms with Crippen molar-refractivity contribution in [3.05, 3.63) is 35.9 Å². The number of hydrogen-bond acceptors (Lipinski definition) is 1. The molecule has 0 aromatic heterocycles. The van der Waals surface area contributed by atoms with Crippen molar-refractivity contribution in [2.45, 2.75) is 25.7 Å². The second kappa shape index (κ2) is 5.26. The van der Waals surface area contributed by atoms with E-state index in [1.807, 2.05) is 6.07 Å². The van der Waals surface area contributed by atoms with E-state index < -0.39 is 0 Å². The van der Waals surface area contributed by atoms with Crippen LogP contribution >= 0.6 is 0 Å². The topological polar surface area (TPSA) is 17.1 Å². The van der Waals surface area contributed by atoms with Crippen molar-refractivity contribution in [2.75, 3.05) is 19.6 Å². The van der Waals surface area contributed by atoms with Crippen LogP contribution in [0.2, 0.25) is 0 Å². The first-order chi connectivity index (χ1) is 7.85. The van der Waals surface area contributed by atoms with Gasteiger partial charge in [0.25, 0.3) is 0 Å². The molecule has 16 heavy (non-hydrogen) atoms. The first-order valence-corrected chi connectivity index (χ1v) is 6.21. The summed E-state index contributed by atoms with van der Waals surface area (Å²) in [5.41, 5.74) is 1.34. The van der Waals surface area contributed by atoms with Gasteiger partial charge in [0.1, 0.15) is 0 Å². The molecule has 1 saturated heterocycles. The summed E-state index contributed by atoms with van der Waals surface area (Å²) in [5, 5.41) is 0. The highest BCUT2D eigenvalue weighted by atomic mass is 16.1. The number of carbonyl (C=O) groups is 1. The number of quaternary nitrogens is 1. The van der Waals surface area contributed by atoms with E-state index in [2.05, 4.69) is 24.3 Å². The molecule has 0 radical (unpaired) electrons. The smallest absolute Gasteiger partial charge is 0.263 e. The molecule has 2 nitrogen and oxygen atoms in total. The summed E-state index contributed by atoms with van der Waals surface area (Å²) in [6.07, 6.45) is 5.88. The Balaban J connectivity index is 1.94. The molecule has 0 spiro atoms. The molecule has 0 bridgehead atoms. The third kappa shape index (κ3) is 2.70. The summed E-state index contributed by atoms with van der Waals surface area (Å²) < 4.78 is 0.675. The molecule has 1 fully saturated rings. The van der Waals surface area contributed by atoms with Crippen LogP contribution in [0.4, 0.5) is 0 Å². The predicted octanol–water partition coefficient (Wildman–Crippen LogP) is 2.39. The van der Waals surface area contributed by atoms with E-state index in [0.29, 0.717) is 4.48 Å². The van der Waals surface area contributed by atoms with Gasteiger partial charge in [-0.3, -0.25) is 4.48 Å². The Bertz CT molecular complexity index is 328. The fourth-order valence-electron chi connectivity index (χ4n) is 2.52. The van der Waals surface area contributed by atoms with Gasteiger partial charge in [-0.15, -0.1) is 0 Å². The van der Waals surface area contributed by atoms with Crippen molar-refractivity contribution in [1.82, 2.24) is 0 Å². The van der Waals surface area contributed by atoms with Gasteiger partial charge in [-0.05, 0) is 24.8 Å². The van der Waals surface area contributed by atoms with Crippen molar-refractivity contribution in [3.8, 4) is 0 Å². The summed E-state index contributed by atoms with van der Waals surface area (Å²) in [6.45, 7) is 3.04. The van der Waals surface area contributed by atoms with Gasteiger partial charge in [0.05, 0.1) is 19.6 Å². The number of nitrogens with zero attached hydrogens (tertiary/aromatic N) is 1. The van der Waals surface area contributed by atoms with Crippen molar-refractivity contribution in [2.24, 2.45) is 0 Å². The zero-order valence-electron chi connectivity index (χ0n) is 9.77. The van der Waals surface area contributed by atoms with Gasteiger partial charge >= 0.3 is 6.41 Å². The van der Waals surface area contributed by atoms with Crippen molar-refractivity contribution >= 4 is 6.41 Å². The summed E-state index contributed by atoms with van der Waals surface area (Å²) in [7, 11) is 0. The molecule has 0 atom stereocenters. The van der Waals surface area contributed by atoms with Crippen LogP contribution in [0.15, 0.2) is 30.3 Å². The van der Waals surface area contributed by atoms with Crippen LogP contribution in [-0.2, 0) is 11.2 Å².